The van der Waals surface area contributed by atoms with E-state index >= 15 is 0 Å². The van der Waals surface area contributed by atoms with E-state index in [-0.39, 0.29) is 30.9 Å². The predicted molar refractivity (Wildman–Crippen MR) is 381 cm³/mol. The van der Waals surface area contributed by atoms with Crippen molar-refractivity contribution >= 4 is 76.3 Å². The number of hydrogen-bond acceptors (Lipinski definition) is 5. The zero-order chi connectivity index (χ0) is 65.7. The molecular formula is C81H78IrN3S2Si. The van der Waals surface area contributed by atoms with Crippen molar-refractivity contribution in [2.45, 2.75) is 118 Å². The summed E-state index contributed by atoms with van der Waals surface area (Å²) in [5, 5.41) is 6.28. The van der Waals surface area contributed by atoms with E-state index in [0.29, 0.717) is 11.1 Å². The van der Waals surface area contributed by atoms with Crippen LogP contribution in [-0.4, -0.2) is 23.0 Å². The van der Waals surface area contributed by atoms with Crippen molar-refractivity contribution in [2.24, 2.45) is 0 Å². The smallest absolute Gasteiger partial charge is 0.305 e. The molecule has 13 rings (SSSR count). The summed E-state index contributed by atoms with van der Waals surface area (Å²) in [4.78, 5) is 13.9. The van der Waals surface area contributed by atoms with Crippen molar-refractivity contribution in [3.05, 3.63) is 253 Å². The number of nitrogens with zero attached hydrogens (tertiary/aromatic N) is 3. The SMILES string of the molecule is [2H]C(C)(C)c1ccnc(-c2[c-]ccc3c2sc2cc(-c4ccc(C(C)(C)C)cc4)ccc23)c1.[2H]C(C)(C)c1ccnc(-c2[c-]ccc3c2sc2cc(-c4ccc(C(C)(C)C)cc4)ccc23)c1.[2H]C([2H])([2H])c1c[c-]c(-c2ccc([Si](C)(C)C)cn2)cc1-c1ccccc1.[Ir+3]. The van der Waals surface area contributed by atoms with Gasteiger partial charge in [0, 0.05) is 34.8 Å². The fourth-order valence-electron chi connectivity index (χ4n) is 10.8. The van der Waals surface area contributed by atoms with E-state index in [0.717, 1.165) is 50.5 Å². The van der Waals surface area contributed by atoms with Gasteiger partial charge in [-0.3, -0.25) is 0 Å². The minimum absolute atomic E-state index is 0. The summed E-state index contributed by atoms with van der Waals surface area (Å²) in [6.07, 6.45) is 5.55. The number of benzene rings is 8. The van der Waals surface area contributed by atoms with Crippen LogP contribution in [0.15, 0.2) is 207 Å². The van der Waals surface area contributed by atoms with E-state index in [2.05, 4.69) is 197 Å². The van der Waals surface area contributed by atoms with Gasteiger partial charge in [-0.05, 0) is 128 Å². The Kier molecular flexibility index (Phi) is 17.0. The molecular weight excluding hydrogens is 1300 g/mol. The van der Waals surface area contributed by atoms with Crippen molar-refractivity contribution in [2.75, 3.05) is 0 Å². The number of aryl methyl sites for hydroxylation is 1. The van der Waals surface area contributed by atoms with Crippen molar-refractivity contribution < 1.29 is 27.0 Å². The van der Waals surface area contributed by atoms with Gasteiger partial charge in [0.1, 0.15) is 0 Å². The third-order valence-electron chi connectivity index (χ3n) is 16.2. The van der Waals surface area contributed by atoms with Crippen LogP contribution in [0, 0.1) is 25.1 Å². The van der Waals surface area contributed by atoms with E-state index in [4.69, 9.17) is 6.85 Å². The van der Waals surface area contributed by atoms with Gasteiger partial charge in [-0.1, -0.05) is 251 Å². The molecule has 0 spiro atoms. The fourth-order valence-corrected chi connectivity index (χ4v) is 14.3. The van der Waals surface area contributed by atoms with Crippen LogP contribution in [0.1, 0.15) is 116 Å². The number of hydrogen-bond donors (Lipinski definition) is 0. The third-order valence-corrected chi connectivity index (χ3v) is 20.6. The Bertz CT molecular complexity index is 4560. The number of thiophene rings is 2. The molecule has 0 bridgehead atoms. The first-order valence-electron chi connectivity index (χ1n) is 32.4. The maximum Gasteiger partial charge on any atom is 3.00 e. The average Bonchev–Trinajstić information content (AvgIpc) is 1.65. The number of rotatable bonds is 9. The van der Waals surface area contributed by atoms with Crippen molar-refractivity contribution in [3.63, 3.8) is 0 Å². The first-order valence-corrected chi connectivity index (χ1v) is 35.0. The summed E-state index contributed by atoms with van der Waals surface area (Å²) in [6.45, 7) is 25.8. The van der Waals surface area contributed by atoms with Crippen LogP contribution < -0.4 is 5.19 Å². The number of pyridine rings is 3. The van der Waals surface area contributed by atoms with Crippen molar-refractivity contribution in [3.8, 4) is 67.2 Å². The molecule has 0 fully saturated rings. The summed E-state index contributed by atoms with van der Waals surface area (Å²) < 4.78 is 45.2. The zero-order valence-electron chi connectivity index (χ0n) is 57.6. The zero-order valence-corrected chi connectivity index (χ0v) is 57.6. The van der Waals surface area contributed by atoms with Crippen LogP contribution in [-0.2, 0) is 30.9 Å². The summed E-state index contributed by atoms with van der Waals surface area (Å²) in [6, 6.07) is 74.7. The Balaban J connectivity index is 0.000000153. The first kappa shape index (κ1) is 57.0. The summed E-state index contributed by atoms with van der Waals surface area (Å²) >= 11 is 3.59. The monoisotopic (exact) mass is 1380 g/mol. The second-order valence-corrected chi connectivity index (χ2v) is 33.2. The minimum Gasteiger partial charge on any atom is -0.305 e. The molecule has 0 saturated heterocycles. The molecule has 442 valence electrons. The second-order valence-electron chi connectivity index (χ2n) is 26.1. The van der Waals surface area contributed by atoms with Gasteiger partial charge in [-0.15, -0.1) is 76.9 Å². The van der Waals surface area contributed by atoms with Crippen LogP contribution >= 0.6 is 22.7 Å². The van der Waals surface area contributed by atoms with Crippen LogP contribution in [0.3, 0.4) is 0 Å². The Morgan fingerprint density at radius 1 is 0.477 bits per heavy atom. The maximum atomic E-state index is 8.40. The molecule has 0 amide bonds. The molecule has 0 aliphatic heterocycles. The summed E-state index contributed by atoms with van der Waals surface area (Å²) in [5.41, 5.74) is 17.1. The summed E-state index contributed by atoms with van der Waals surface area (Å²) in [5.74, 6) is -1.33. The summed E-state index contributed by atoms with van der Waals surface area (Å²) in [7, 11) is -1.40. The molecule has 0 radical (unpaired) electrons. The van der Waals surface area contributed by atoms with E-state index in [1.165, 1.54) is 78.9 Å². The van der Waals surface area contributed by atoms with E-state index in [1.807, 2.05) is 113 Å². The normalized spacial score (nSPS) is 13.1. The molecule has 3 nitrogen and oxygen atoms in total. The van der Waals surface area contributed by atoms with Gasteiger partial charge in [0.15, 0.2) is 0 Å². The van der Waals surface area contributed by atoms with Gasteiger partial charge >= 0.3 is 20.1 Å². The molecule has 7 heteroatoms. The molecule has 0 aliphatic carbocycles. The molecule has 0 aliphatic rings. The topological polar surface area (TPSA) is 38.7 Å². The third kappa shape index (κ3) is 14.0. The average molecular weight is 1380 g/mol. The van der Waals surface area contributed by atoms with E-state index < -0.39 is 26.7 Å². The molecule has 5 aromatic heterocycles. The van der Waals surface area contributed by atoms with Gasteiger partial charge in [0.05, 0.1) is 8.07 Å². The number of aromatic nitrogens is 3. The Hall–Kier alpha value is -7.48. The van der Waals surface area contributed by atoms with E-state index in [1.54, 1.807) is 41.1 Å². The Morgan fingerprint density at radius 3 is 1.38 bits per heavy atom. The molecule has 88 heavy (non-hydrogen) atoms. The minimum atomic E-state index is -2.19. The van der Waals surface area contributed by atoms with Crippen LogP contribution in [0.2, 0.25) is 19.6 Å². The van der Waals surface area contributed by atoms with Gasteiger partial charge in [-0.25, -0.2) is 0 Å². The first-order chi connectivity index (χ1) is 43.4. The van der Waals surface area contributed by atoms with Crippen LogP contribution in [0.5, 0.6) is 0 Å². The predicted octanol–water partition coefficient (Wildman–Crippen LogP) is 23.1. The van der Waals surface area contributed by atoms with Gasteiger partial charge in [-0.2, -0.15) is 22.7 Å². The maximum absolute atomic E-state index is 8.40. The van der Waals surface area contributed by atoms with Gasteiger partial charge < -0.3 is 15.0 Å². The Labute approximate surface area is 552 Å². The van der Waals surface area contributed by atoms with E-state index in [9.17, 15) is 0 Å². The molecule has 0 unspecified atom stereocenters. The second kappa shape index (κ2) is 26.3. The van der Waals surface area contributed by atoms with Gasteiger partial charge in [0.25, 0.3) is 0 Å². The molecule has 8 aromatic carbocycles. The molecule has 0 saturated carbocycles. The molecule has 0 N–H and O–H groups in total. The fraction of sp³-hybridized carbons (Fsp3) is 0.222. The van der Waals surface area contributed by atoms with Crippen molar-refractivity contribution in [1.29, 1.82) is 0 Å². The molecule has 5 heterocycles. The van der Waals surface area contributed by atoms with Crippen molar-refractivity contribution in [1.82, 2.24) is 15.0 Å². The Morgan fingerprint density at radius 2 is 0.955 bits per heavy atom. The van der Waals surface area contributed by atoms with Gasteiger partial charge in [0.2, 0.25) is 0 Å². The van der Waals surface area contributed by atoms with Crippen LogP contribution in [0.25, 0.3) is 107 Å². The largest absolute Gasteiger partial charge is 3.00 e. The molecule has 0 atom stereocenters. The van der Waals surface area contributed by atoms with Crippen LogP contribution in [0.4, 0.5) is 0 Å². The standard InChI is InChI=1S/2C30H28NS.C21H22NSi.Ir/c2*1-19(2)21-15-16-31-27(17-21)26-8-6-7-25-24-14-11-22(18-28(24)32-29(25)26)20-9-12-23(13-10-20)30(3,4)5;1-16-10-11-18(14-20(16)17-8-6-5-7-9-17)21-13-12-19(15-22-21)23(2,3)4;/h2*6-7,9-19H,1-5H3;5-10,12-15H,1-4H3;/q3*-1;+3/i2*19D;1D3;. The quantitative estimate of drug-likeness (QED) is 0.107. The number of fused-ring (bicyclic) bond motifs is 6. The molecule has 13 aromatic rings.